The van der Waals surface area contributed by atoms with Gasteiger partial charge in [0, 0.05) is 16.8 Å². The lowest BCUT2D eigenvalue weighted by Gasteiger charge is -2.10. The zero-order valence-electron chi connectivity index (χ0n) is 16.0. The van der Waals surface area contributed by atoms with E-state index in [1.807, 2.05) is 0 Å². The summed E-state index contributed by atoms with van der Waals surface area (Å²) in [6.07, 6.45) is 0. The summed E-state index contributed by atoms with van der Waals surface area (Å²) in [5, 5.41) is 3.72. The number of ether oxygens (including phenoxy) is 2. The monoisotopic (exact) mass is 442 g/mol. The van der Waals surface area contributed by atoms with E-state index >= 15 is 0 Å². The van der Waals surface area contributed by atoms with Crippen LogP contribution < -0.4 is 14.8 Å². The summed E-state index contributed by atoms with van der Waals surface area (Å²) in [6, 6.07) is 15.3. The summed E-state index contributed by atoms with van der Waals surface area (Å²) < 4.78 is 16.2. The number of halogens is 2. The number of carbonyl (C=O) groups excluding carboxylic acids is 1. The molecule has 0 bridgehead atoms. The zero-order chi connectivity index (χ0) is 21.3. The second kappa shape index (κ2) is 8.26. The van der Waals surface area contributed by atoms with Crippen LogP contribution in [-0.2, 0) is 0 Å². The highest BCUT2D eigenvalue weighted by atomic mass is 35.5. The van der Waals surface area contributed by atoms with Gasteiger partial charge in [-0.05, 0) is 54.6 Å². The molecular weight excluding hydrogens is 427 g/mol. The molecule has 1 aromatic heterocycles. The number of anilines is 1. The molecule has 0 aliphatic rings. The van der Waals surface area contributed by atoms with Gasteiger partial charge in [-0.1, -0.05) is 23.2 Å². The van der Waals surface area contributed by atoms with E-state index in [1.165, 1.54) is 14.2 Å². The second-order valence-corrected chi connectivity index (χ2v) is 7.17. The molecular formula is C22H16Cl2N2O4. The number of carbonyl (C=O) groups is 1. The summed E-state index contributed by atoms with van der Waals surface area (Å²) >= 11 is 12.0. The van der Waals surface area contributed by atoms with Gasteiger partial charge >= 0.3 is 0 Å². The Morgan fingerprint density at radius 3 is 2.47 bits per heavy atom. The molecule has 1 amide bonds. The lowest BCUT2D eigenvalue weighted by Crippen LogP contribution is -2.12. The largest absolute Gasteiger partial charge is 0.493 e. The molecule has 0 radical (unpaired) electrons. The number of aromatic nitrogens is 1. The smallest absolute Gasteiger partial charge is 0.255 e. The minimum atomic E-state index is -0.288. The van der Waals surface area contributed by atoms with Crippen molar-refractivity contribution < 1.29 is 18.7 Å². The van der Waals surface area contributed by atoms with Gasteiger partial charge in [0.2, 0.25) is 5.89 Å². The van der Waals surface area contributed by atoms with Gasteiger partial charge in [-0.2, -0.15) is 0 Å². The van der Waals surface area contributed by atoms with Crippen LogP contribution in [0, 0.1) is 0 Å². The molecule has 6 nitrogen and oxygen atoms in total. The Morgan fingerprint density at radius 2 is 1.73 bits per heavy atom. The average Bonchev–Trinajstić information content (AvgIpc) is 3.18. The Balaban J connectivity index is 1.59. The van der Waals surface area contributed by atoms with Crippen molar-refractivity contribution in [2.24, 2.45) is 0 Å². The van der Waals surface area contributed by atoms with Crippen molar-refractivity contribution in [1.29, 1.82) is 0 Å². The third-order valence-corrected chi connectivity index (χ3v) is 5.20. The average molecular weight is 443 g/mol. The normalized spacial score (nSPS) is 10.8. The quantitative estimate of drug-likeness (QED) is 0.405. The van der Waals surface area contributed by atoms with E-state index in [-0.39, 0.29) is 5.91 Å². The minimum absolute atomic E-state index is 0.288. The molecule has 0 aliphatic carbocycles. The van der Waals surface area contributed by atoms with Gasteiger partial charge in [-0.25, -0.2) is 4.98 Å². The summed E-state index contributed by atoms with van der Waals surface area (Å²) in [6.45, 7) is 0. The fourth-order valence-electron chi connectivity index (χ4n) is 2.94. The van der Waals surface area contributed by atoms with Crippen LogP contribution in [0.3, 0.4) is 0 Å². The standard InChI is InChI=1S/C22H16Cl2N2O4/c1-28-19-7-4-12(10-20(19)29-2)21(27)25-14-5-8-18-17(11-14)26-22(30-18)13-3-6-15(23)16(24)9-13/h3-11H,1-2H3,(H,25,27). The fourth-order valence-corrected chi connectivity index (χ4v) is 3.24. The molecule has 4 aromatic rings. The van der Waals surface area contributed by atoms with Gasteiger partial charge in [0.25, 0.3) is 5.91 Å². The van der Waals surface area contributed by atoms with Crippen LogP contribution in [0.25, 0.3) is 22.6 Å². The van der Waals surface area contributed by atoms with E-state index in [9.17, 15) is 4.79 Å². The van der Waals surface area contributed by atoms with E-state index in [4.69, 9.17) is 37.1 Å². The highest BCUT2D eigenvalue weighted by molar-refractivity contribution is 6.42. The van der Waals surface area contributed by atoms with Crippen LogP contribution in [0.2, 0.25) is 10.0 Å². The Labute approximate surface area is 182 Å². The molecule has 0 saturated carbocycles. The topological polar surface area (TPSA) is 73.6 Å². The Morgan fingerprint density at radius 1 is 0.933 bits per heavy atom. The molecule has 3 aromatic carbocycles. The Hall–Kier alpha value is -3.22. The summed E-state index contributed by atoms with van der Waals surface area (Å²) in [7, 11) is 3.06. The molecule has 0 saturated heterocycles. The first-order chi connectivity index (χ1) is 14.5. The number of nitrogens with zero attached hydrogens (tertiary/aromatic N) is 1. The number of fused-ring (bicyclic) bond motifs is 1. The lowest BCUT2D eigenvalue weighted by atomic mass is 10.1. The minimum Gasteiger partial charge on any atom is -0.493 e. The van der Waals surface area contributed by atoms with Crippen LogP contribution in [0.5, 0.6) is 11.5 Å². The van der Waals surface area contributed by atoms with Gasteiger partial charge in [0.15, 0.2) is 17.1 Å². The zero-order valence-corrected chi connectivity index (χ0v) is 17.5. The van der Waals surface area contributed by atoms with Crippen molar-refractivity contribution in [1.82, 2.24) is 4.98 Å². The Bertz CT molecular complexity index is 1250. The van der Waals surface area contributed by atoms with Crippen molar-refractivity contribution in [2.75, 3.05) is 19.5 Å². The highest BCUT2D eigenvalue weighted by Crippen LogP contribution is 2.31. The van der Waals surface area contributed by atoms with E-state index < -0.39 is 0 Å². The van der Waals surface area contributed by atoms with Crippen molar-refractivity contribution in [3.63, 3.8) is 0 Å². The number of rotatable bonds is 5. The maximum Gasteiger partial charge on any atom is 0.255 e. The molecule has 0 spiro atoms. The maximum absolute atomic E-state index is 12.6. The molecule has 4 rings (SSSR count). The number of amides is 1. The molecule has 0 aliphatic heterocycles. The van der Waals surface area contributed by atoms with E-state index in [0.29, 0.717) is 55.3 Å². The summed E-state index contributed by atoms with van der Waals surface area (Å²) in [5.41, 5.74) is 2.90. The van der Waals surface area contributed by atoms with Crippen LogP contribution >= 0.6 is 23.2 Å². The molecule has 152 valence electrons. The second-order valence-electron chi connectivity index (χ2n) is 6.35. The van der Waals surface area contributed by atoms with Crippen molar-refractivity contribution in [3.8, 4) is 23.0 Å². The van der Waals surface area contributed by atoms with Gasteiger partial charge < -0.3 is 19.2 Å². The van der Waals surface area contributed by atoms with Gasteiger partial charge in [0.1, 0.15) is 5.52 Å². The summed E-state index contributed by atoms with van der Waals surface area (Å²) in [4.78, 5) is 17.1. The third kappa shape index (κ3) is 3.92. The van der Waals surface area contributed by atoms with Crippen molar-refractivity contribution in [2.45, 2.75) is 0 Å². The molecule has 30 heavy (non-hydrogen) atoms. The number of benzene rings is 3. The molecule has 1 N–H and O–H groups in total. The first-order valence-corrected chi connectivity index (χ1v) is 9.63. The van der Waals surface area contributed by atoms with E-state index in [1.54, 1.807) is 54.6 Å². The van der Waals surface area contributed by atoms with Crippen LogP contribution in [-0.4, -0.2) is 25.1 Å². The predicted octanol–water partition coefficient (Wildman–Crippen LogP) is 6.07. The van der Waals surface area contributed by atoms with Crippen LogP contribution in [0.1, 0.15) is 10.4 Å². The molecule has 1 heterocycles. The lowest BCUT2D eigenvalue weighted by molar-refractivity contribution is 0.102. The molecule has 0 unspecified atom stereocenters. The number of oxazole rings is 1. The van der Waals surface area contributed by atoms with Crippen LogP contribution in [0.4, 0.5) is 5.69 Å². The highest BCUT2D eigenvalue weighted by Gasteiger charge is 2.14. The summed E-state index contributed by atoms with van der Waals surface area (Å²) in [5.74, 6) is 1.15. The molecule has 8 heteroatoms. The Kier molecular flexibility index (Phi) is 5.53. The fraction of sp³-hybridized carbons (Fsp3) is 0.0909. The van der Waals surface area contributed by atoms with Gasteiger partial charge in [0.05, 0.1) is 24.3 Å². The number of hydrogen-bond acceptors (Lipinski definition) is 5. The van der Waals surface area contributed by atoms with E-state index in [2.05, 4.69) is 10.3 Å². The van der Waals surface area contributed by atoms with Gasteiger partial charge in [-0.15, -0.1) is 0 Å². The third-order valence-electron chi connectivity index (χ3n) is 4.46. The van der Waals surface area contributed by atoms with E-state index in [0.717, 1.165) is 0 Å². The van der Waals surface area contributed by atoms with Crippen molar-refractivity contribution in [3.05, 3.63) is 70.2 Å². The number of hydrogen-bond donors (Lipinski definition) is 1. The van der Waals surface area contributed by atoms with Crippen LogP contribution in [0.15, 0.2) is 59.0 Å². The maximum atomic E-state index is 12.6. The first-order valence-electron chi connectivity index (χ1n) is 8.88. The molecule has 0 fully saturated rings. The SMILES string of the molecule is COc1ccc(C(=O)Nc2ccc3oc(-c4ccc(Cl)c(Cl)c4)nc3c2)cc1OC. The number of nitrogens with one attached hydrogen (secondary N) is 1. The van der Waals surface area contributed by atoms with Gasteiger partial charge in [-0.3, -0.25) is 4.79 Å². The van der Waals surface area contributed by atoms with Crippen molar-refractivity contribution >= 4 is 45.9 Å². The molecule has 0 atom stereocenters. The predicted molar refractivity (Wildman–Crippen MR) is 117 cm³/mol. The number of methoxy groups -OCH3 is 2. The first kappa shape index (κ1) is 20.1.